The van der Waals surface area contributed by atoms with Gasteiger partial charge in [0, 0.05) is 12.8 Å². The average Bonchev–Trinajstić information content (AvgIpc) is 3.40. The second kappa shape index (κ2) is 64.4. The maximum atomic E-state index is 12.3. The Balaban J connectivity index is 3.47. The number of esters is 2. The third-order valence-corrected chi connectivity index (χ3v) is 14.2. The highest BCUT2D eigenvalue weighted by atomic mass is 16.6. The fourth-order valence-electron chi connectivity index (χ4n) is 9.38. The molecule has 74 heavy (non-hydrogen) atoms. The van der Waals surface area contributed by atoms with Gasteiger partial charge in [-0.1, -0.05) is 304 Å². The second-order valence-electron chi connectivity index (χ2n) is 21.5. The minimum Gasteiger partial charge on any atom is -0.462 e. The molecule has 0 aromatic heterocycles. The van der Waals surface area contributed by atoms with Gasteiger partial charge in [0.15, 0.2) is 6.10 Å². The van der Waals surface area contributed by atoms with Gasteiger partial charge in [-0.3, -0.25) is 9.59 Å². The van der Waals surface area contributed by atoms with E-state index in [2.05, 4.69) is 98.9 Å². The number of aliphatic hydroxyl groups is 1. The van der Waals surface area contributed by atoms with Crippen molar-refractivity contribution in [3.8, 4) is 0 Å². The Morgan fingerprint density at radius 2 is 0.581 bits per heavy atom. The van der Waals surface area contributed by atoms with Crippen molar-refractivity contribution in [2.75, 3.05) is 13.2 Å². The second-order valence-corrected chi connectivity index (χ2v) is 21.5. The highest BCUT2D eigenvalue weighted by Crippen LogP contribution is 2.17. The van der Waals surface area contributed by atoms with E-state index >= 15 is 0 Å². The molecule has 1 N–H and O–H groups in total. The number of carbonyl (C=O) groups is 2. The molecule has 0 heterocycles. The van der Waals surface area contributed by atoms with Crippen LogP contribution in [0.3, 0.4) is 0 Å². The fraction of sp³-hybridized carbons (Fsp3) is 0.768. The van der Waals surface area contributed by atoms with E-state index in [4.69, 9.17) is 9.47 Å². The van der Waals surface area contributed by atoms with E-state index in [1.54, 1.807) is 0 Å². The van der Waals surface area contributed by atoms with Gasteiger partial charge < -0.3 is 14.6 Å². The zero-order chi connectivity index (χ0) is 53.4. The molecule has 0 aromatic carbocycles. The van der Waals surface area contributed by atoms with Crippen LogP contribution < -0.4 is 0 Å². The molecule has 0 aromatic rings. The Kier molecular flexibility index (Phi) is 61.8. The molecule has 0 aliphatic carbocycles. The monoisotopic (exact) mass is 1030 g/mol. The molecule has 0 saturated heterocycles. The molecule has 0 aliphatic heterocycles. The van der Waals surface area contributed by atoms with Crippen molar-refractivity contribution >= 4 is 11.9 Å². The lowest BCUT2D eigenvalue weighted by Gasteiger charge is -2.15. The molecule has 1 unspecified atom stereocenters. The lowest BCUT2D eigenvalue weighted by molar-refractivity contribution is -0.161. The van der Waals surface area contributed by atoms with E-state index < -0.39 is 6.10 Å². The first kappa shape index (κ1) is 71.1. The van der Waals surface area contributed by atoms with Gasteiger partial charge in [-0.15, -0.1) is 0 Å². The van der Waals surface area contributed by atoms with E-state index in [9.17, 15) is 14.7 Å². The molecule has 0 spiro atoms. The van der Waals surface area contributed by atoms with E-state index in [0.29, 0.717) is 12.8 Å². The van der Waals surface area contributed by atoms with Crippen LogP contribution in [-0.2, 0) is 19.1 Å². The zero-order valence-electron chi connectivity index (χ0n) is 49.1. The van der Waals surface area contributed by atoms with Crippen LogP contribution >= 0.6 is 0 Å². The van der Waals surface area contributed by atoms with Crippen LogP contribution in [-0.4, -0.2) is 36.4 Å². The highest BCUT2D eigenvalue weighted by molar-refractivity contribution is 5.70. The molecule has 428 valence electrons. The van der Waals surface area contributed by atoms with E-state index in [-0.39, 0.29) is 25.2 Å². The van der Waals surface area contributed by atoms with Crippen LogP contribution in [0.25, 0.3) is 0 Å². The molecule has 0 saturated carbocycles. The molecule has 0 amide bonds. The summed E-state index contributed by atoms with van der Waals surface area (Å²) >= 11 is 0. The number of unbranched alkanes of at least 4 members (excludes halogenated alkanes) is 37. The van der Waals surface area contributed by atoms with Gasteiger partial charge in [0.25, 0.3) is 0 Å². The number of hydrogen-bond acceptors (Lipinski definition) is 5. The fourth-order valence-corrected chi connectivity index (χ4v) is 9.38. The lowest BCUT2D eigenvalue weighted by Crippen LogP contribution is -2.28. The zero-order valence-corrected chi connectivity index (χ0v) is 49.1. The van der Waals surface area contributed by atoms with Gasteiger partial charge in [0.05, 0.1) is 6.61 Å². The standard InChI is InChI=1S/C69H122O5/c1-3-5-7-9-11-13-15-17-19-21-23-25-27-29-31-33-34-36-38-40-42-44-46-48-50-52-54-56-58-60-62-64-69(72)74-67(65-70)66-73-68(71)63-61-59-57-55-53-51-49-47-45-43-41-39-37-35-32-30-28-26-24-22-20-18-16-14-12-10-8-6-4-2/h5,7,11,13,17,19,22-25,29,31,34,36,67,70H,3-4,6,8-10,12,14-16,18,20-21,26-28,30,32-33,35,37-66H2,1-2H3/b7-5-,13-11-,19-17-,24-22-,25-23-,31-29-,36-34-. The summed E-state index contributed by atoms with van der Waals surface area (Å²) in [5.74, 6) is -0.582. The molecule has 0 radical (unpaired) electrons. The number of ether oxygens (including phenoxy) is 2. The summed E-state index contributed by atoms with van der Waals surface area (Å²) in [4.78, 5) is 24.6. The Labute approximate surface area is 460 Å². The van der Waals surface area contributed by atoms with Crippen molar-refractivity contribution in [3.63, 3.8) is 0 Å². The van der Waals surface area contributed by atoms with Gasteiger partial charge in [0.2, 0.25) is 0 Å². The first-order valence-electron chi connectivity index (χ1n) is 32.1. The van der Waals surface area contributed by atoms with E-state index in [1.165, 1.54) is 218 Å². The van der Waals surface area contributed by atoms with Crippen LogP contribution in [0.5, 0.6) is 0 Å². The van der Waals surface area contributed by atoms with Crippen LogP contribution in [0.1, 0.15) is 322 Å². The predicted molar refractivity (Wildman–Crippen MR) is 325 cm³/mol. The van der Waals surface area contributed by atoms with Crippen LogP contribution in [0.2, 0.25) is 0 Å². The summed E-state index contributed by atoms with van der Waals surface area (Å²) in [7, 11) is 0. The largest absolute Gasteiger partial charge is 0.462 e. The van der Waals surface area contributed by atoms with Crippen molar-refractivity contribution in [1.82, 2.24) is 0 Å². The van der Waals surface area contributed by atoms with Gasteiger partial charge in [0.1, 0.15) is 6.61 Å². The van der Waals surface area contributed by atoms with Gasteiger partial charge in [-0.05, 0) is 89.9 Å². The Morgan fingerprint density at radius 3 is 0.892 bits per heavy atom. The summed E-state index contributed by atoms with van der Waals surface area (Å²) in [5, 5.41) is 9.69. The maximum absolute atomic E-state index is 12.3. The Hall–Kier alpha value is -2.92. The van der Waals surface area contributed by atoms with Crippen molar-refractivity contribution in [3.05, 3.63) is 85.1 Å². The van der Waals surface area contributed by atoms with E-state index in [0.717, 1.165) is 77.0 Å². The molecular weight excluding hydrogens is 909 g/mol. The normalized spacial score (nSPS) is 12.7. The highest BCUT2D eigenvalue weighted by Gasteiger charge is 2.16. The SMILES string of the molecule is CC/C=C\C/C=C\C/C=C\C/C=C\C/C=C\C/C=C\CCCCCCCCCCCCCCC(=O)OC(CO)COC(=O)CCCCCCCCCCCCCCCCCCC/C=C\CCCCCCCCCC. The van der Waals surface area contributed by atoms with Crippen molar-refractivity contribution in [2.24, 2.45) is 0 Å². The number of rotatable bonds is 59. The molecule has 0 rings (SSSR count). The van der Waals surface area contributed by atoms with Crippen molar-refractivity contribution in [1.29, 1.82) is 0 Å². The Morgan fingerprint density at radius 1 is 0.324 bits per heavy atom. The smallest absolute Gasteiger partial charge is 0.306 e. The number of hydrogen-bond donors (Lipinski definition) is 1. The average molecular weight is 1030 g/mol. The molecular formula is C69H122O5. The van der Waals surface area contributed by atoms with Crippen LogP contribution in [0, 0.1) is 0 Å². The van der Waals surface area contributed by atoms with Crippen LogP contribution in [0.4, 0.5) is 0 Å². The first-order chi connectivity index (χ1) is 36.6. The number of aliphatic hydroxyl groups excluding tert-OH is 1. The predicted octanol–water partition coefficient (Wildman–Crippen LogP) is 22.1. The van der Waals surface area contributed by atoms with Gasteiger partial charge in [-0.25, -0.2) is 0 Å². The number of carbonyl (C=O) groups excluding carboxylic acids is 2. The summed E-state index contributed by atoms with van der Waals surface area (Å²) in [6.07, 6.45) is 90.1. The molecule has 0 aliphatic rings. The summed E-state index contributed by atoms with van der Waals surface area (Å²) in [6.45, 7) is 4.06. The molecule has 5 nitrogen and oxygen atoms in total. The maximum Gasteiger partial charge on any atom is 0.306 e. The minimum absolute atomic E-state index is 0.0663. The van der Waals surface area contributed by atoms with Gasteiger partial charge >= 0.3 is 11.9 Å². The quantitative estimate of drug-likeness (QED) is 0.0373. The Bertz CT molecular complexity index is 1350. The summed E-state index contributed by atoms with van der Waals surface area (Å²) in [6, 6.07) is 0. The number of allylic oxidation sites excluding steroid dienone is 14. The van der Waals surface area contributed by atoms with Gasteiger partial charge in [-0.2, -0.15) is 0 Å². The third kappa shape index (κ3) is 61.6. The third-order valence-electron chi connectivity index (χ3n) is 14.2. The topological polar surface area (TPSA) is 72.8 Å². The van der Waals surface area contributed by atoms with Crippen molar-refractivity contribution < 1.29 is 24.2 Å². The molecule has 1 atom stereocenters. The summed E-state index contributed by atoms with van der Waals surface area (Å²) in [5.41, 5.74) is 0. The molecule has 5 heteroatoms. The summed E-state index contributed by atoms with van der Waals surface area (Å²) < 4.78 is 10.7. The molecule has 0 fully saturated rings. The minimum atomic E-state index is -0.777. The van der Waals surface area contributed by atoms with Crippen molar-refractivity contribution in [2.45, 2.75) is 328 Å². The first-order valence-corrected chi connectivity index (χ1v) is 32.1. The van der Waals surface area contributed by atoms with Crippen LogP contribution in [0.15, 0.2) is 85.1 Å². The molecule has 0 bridgehead atoms. The van der Waals surface area contributed by atoms with E-state index in [1.807, 2.05) is 0 Å². The lowest BCUT2D eigenvalue weighted by atomic mass is 10.0.